The van der Waals surface area contributed by atoms with Gasteiger partial charge in [0, 0.05) is 131 Å². The van der Waals surface area contributed by atoms with E-state index in [-0.39, 0.29) is 0 Å². The molecule has 19 aromatic rings. The zero-order valence-corrected chi connectivity index (χ0v) is 72.1. The molecule has 0 saturated carbocycles. The van der Waals surface area contributed by atoms with Gasteiger partial charge in [-0.05, 0) is 293 Å². The quantitative estimate of drug-likeness (QED) is 0.0596. The fraction of sp³-hybridized carbons (Fsp3) is 0.0556. The highest BCUT2D eigenvalue weighted by Crippen LogP contribution is 2.64. The zero-order valence-electron chi connectivity index (χ0n) is 67.2. The molecule has 6 aromatic heterocycles. The summed E-state index contributed by atoms with van der Waals surface area (Å²) in [5.41, 5.74) is 26.8. The monoisotopic (exact) mass is 1660 g/mol. The molecule has 6 heterocycles. The first-order valence-electron chi connectivity index (χ1n) is 40.3. The van der Waals surface area contributed by atoms with E-state index in [2.05, 4.69) is 471 Å². The van der Waals surface area contributed by atoms with E-state index >= 15 is 0 Å². The normalized spacial score (nSPS) is 11.2. The Morgan fingerprint density at radius 1 is 0.133 bits per heavy atom. The second-order valence-corrected chi connectivity index (χ2v) is 36.5. The highest BCUT2D eigenvalue weighted by atomic mass is 32.1. The average molecular weight is 1660 g/mol. The number of hydrogen-bond donors (Lipinski definition) is 0. The molecule has 0 aliphatic heterocycles. The number of nitrogens with zero attached hydrogens (tertiary/aromatic N) is 6. The Hall–Kier alpha value is -13.1. The molecule has 0 fully saturated rings. The van der Waals surface area contributed by atoms with Crippen LogP contribution in [0.15, 0.2) is 400 Å². The Morgan fingerprint density at radius 2 is 0.267 bits per heavy atom. The molecular weight excluding hydrogens is 1570 g/mol. The van der Waals surface area contributed by atoms with Crippen molar-refractivity contribution < 1.29 is 0 Å². The van der Waals surface area contributed by atoms with Crippen LogP contribution >= 0.6 is 68.0 Å². The first kappa shape index (κ1) is 76.8. The second kappa shape index (κ2) is 34.1. The van der Waals surface area contributed by atoms with Crippen molar-refractivity contribution in [1.29, 1.82) is 0 Å². The summed E-state index contributed by atoms with van der Waals surface area (Å²) in [7, 11) is 0. The highest BCUT2D eigenvalue weighted by molar-refractivity contribution is 7.23. The van der Waals surface area contributed by atoms with E-state index in [1.165, 1.54) is 33.4 Å². The van der Waals surface area contributed by atoms with E-state index in [1.807, 2.05) is 68.0 Å². The topological polar surface area (TPSA) is 19.4 Å². The molecule has 0 unspecified atom stereocenters. The summed E-state index contributed by atoms with van der Waals surface area (Å²) < 4.78 is 0. The number of hydrogen-bond acceptors (Lipinski definition) is 12. The van der Waals surface area contributed by atoms with Gasteiger partial charge in [0.15, 0.2) is 0 Å². The van der Waals surface area contributed by atoms with Crippen LogP contribution in [0.4, 0.5) is 98.3 Å². The van der Waals surface area contributed by atoms with Crippen molar-refractivity contribution in [1.82, 2.24) is 0 Å². The van der Waals surface area contributed by atoms with Gasteiger partial charge in [0.1, 0.15) is 30.0 Å². The van der Waals surface area contributed by atoms with Gasteiger partial charge in [0.25, 0.3) is 0 Å². The van der Waals surface area contributed by atoms with Crippen molar-refractivity contribution in [2.24, 2.45) is 0 Å². The Labute approximate surface area is 727 Å². The standard InChI is InChI=1S/C108H84N6S6/c1-73-31-25-49-85(67-73)109(79-37-13-7-14-38-79)97-61-55-91(115-97)103-104(92-56-62-98(116-92)110(80-39-15-8-16-40-80)86-50-26-32-74(2)68-86)106(94-58-64-100(118-94)112(82-43-19-10-20-44-82)88-52-28-34-76(4)70-88)108(96-60-66-102(120-96)114(84-47-23-12-24-48-84)90-54-30-36-78(6)72-90)107(95-59-65-101(119-95)113(83-45-21-11-22-46-83)89-53-29-35-77(5)71-89)105(103)93-57-63-99(117-93)111(81-41-17-9-18-42-81)87-51-27-33-75(3)69-87/h7-72H,1-6H3. The molecule has 0 aliphatic carbocycles. The lowest BCUT2D eigenvalue weighted by Crippen LogP contribution is -2.08. The van der Waals surface area contributed by atoms with E-state index in [0.29, 0.717) is 0 Å². The van der Waals surface area contributed by atoms with Crippen molar-refractivity contribution in [3.05, 3.63) is 434 Å². The molecule has 582 valence electrons. The van der Waals surface area contributed by atoms with Gasteiger partial charge in [-0.1, -0.05) is 182 Å². The Kier molecular flexibility index (Phi) is 21.8. The van der Waals surface area contributed by atoms with Crippen LogP contribution in [0.3, 0.4) is 0 Å². The summed E-state index contributed by atoms with van der Waals surface area (Å²) in [5, 5.41) is 6.50. The van der Waals surface area contributed by atoms with Crippen LogP contribution in [-0.2, 0) is 0 Å². The summed E-state index contributed by atoms with van der Waals surface area (Å²) in [6.07, 6.45) is 0. The minimum atomic E-state index is 1.07. The lowest BCUT2D eigenvalue weighted by atomic mass is 9.82. The van der Waals surface area contributed by atoms with Crippen molar-refractivity contribution >= 4 is 166 Å². The molecule has 0 atom stereocenters. The van der Waals surface area contributed by atoms with E-state index < -0.39 is 0 Å². The molecule has 13 aromatic carbocycles. The number of thiophene rings is 6. The third-order valence-electron chi connectivity index (χ3n) is 21.5. The van der Waals surface area contributed by atoms with E-state index in [0.717, 1.165) is 161 Å². The summed E-state index contributed by atoms with van der Waals surface area (Å²) in [6.45, 7) is 13.2. The highest BCUT2D eigenvalue weighted by Gasteiger charge is 2.36. The Balaban J connectivity index is 1.01. The predicted molar refractivity (Wildman–Crippen MR) is 523 cm³/mol. The van der Waals surface area contributed by atoms with Gasteiger partial charge >= 0.3 is 0 Å². The van der Waals surface area contributed by atoms with Crippen LogP contribution in [0.5, 0.6) is 0 Å². The molecule has 6 nitrogen and oxygen atoms in total. The Morgan fingerprint density at radius 3 is 0.400 bits per heavy atom. The van der Waals surface area contributed by atoms with Gasteiger partial charge in [-0.15, -0.1) is 68.0 Å². The first-order chi connectivity index (χ1) is 59.0. The Bertz CT molecular complexity index is 5720. The van der Waals surface area contributed by atoms with Gasteiger partial charge in [-0.25, -0.2) is 0 Å². The summed E-state index contributed by atoms with van der Waals surface area (Å²) in [6, 6.07) is 148. The van der Waals surface area contributed by atoms with Crippen LogP contribution < -0.4 is 29.4 Å². The van der Waals surface area contributed by atoms with Gasteiger partial charge in [-0.2, -0.15) is 0 Å². The molecule has 0 N–H and O–H groups in total. The molecule has 0 radical (unpaired) electrons. The summed E-state index contributed by atoms with van der Waals surface area (Å²) in [4.78, 5) is 21.4. The maximum atomic E-state index is 2.45. The van der Waals surface area contributed by atoms with Crippen molar-refractivity contribution in [2.75, 3.05) is 29.4 Å². The molecule has 120 heavy (non-hydrogen) atoms. The largest absolute Gasteiger partial charge is 0.302 e. The fourth-order valence-corrected chi connectivity index (χ4v) is 22.8. The van der Waals surface area contributed by atoms with Crippen molar-refractivity contribution in [2.45, 2.75) is 41.5 Å². The number of rotatable bonds is 24. The van der Waals surface area contributed by atoms with Gasteiger partial charge in [0.2, 0.25) is 0 Å². The molecule has 0 amide bonds. The smallest absolute Gasteiger partial charge is 0.101 e. The SMILES string of the molecule is Cc1cccc(N(c2ccccc2)c2ccc(-c3c(-c4ccc(N(c5ccccc5)c5cccc(C)c5)s4)c(-c4ccc(N(c5ccccc5)c5cccc(C)c5)s4)c(-c4ccc(N(c5ccccc5)c5cccc(C)c5)s4)c(-c4ccc(N(c5ccccc5)c5cccc(C)c5)s4)c3-c3ccc(N(c4ccccc4)c4cccc(C)c4)s3)s2)c1. The van der Waals surface area contributed by atoms with E-state index in [9.17, 15) is 0 Å². The second-order valence-electron chi connectivity index (χ2n) is 30.1. The van der Waals surface area contributed by atoms with Gasteiger partial charge < -0.3 is 29.4 Å². The van der Waals surface area contributed by atoms with Crippen LogP contribution in [0, 0.1) is 41.5 Å². The van der Waals surface area contributed by atoms with Crippen LogP contribution in [-0.4, -0.2) is 0 Å². The van der Waals surface area contributed by atoms with E-state index in [1.54, 1.807) is 0 Å². The molecule has 19 rings (SSSR count). The minimum absolute atomic E-state index is 1.07. The van der Waals surface area contributed by atoms with Crippen LogP contribution in [0.1, 0.15) is 33.4 Å². The summed E-state index contributed by atoms with van der Waals surface area (Å²) in [5.74, 6) is 0. The van der Waals surface area contributed by atoms with Gasteiger partial charge in [-0.3, -0.25) is 0 Å². The molecule has 0 bridgehead atoms. The average Bonchev–Trinajstić information content (AvgIpc) is 1.46. The minimum Gasteiger partial charge on any atom is -0.302 e. The maximum Gasteiger partial charge on any atom is 0.101 e. The number of aryl methyl sites for hydroxylation is 6. The van der Waals surface area contributed by atoms with Crippen LogP contribution in [0.25, 0.3) is 62.6 Å². The first-order valence-corrected chi connectivity index (χ1v) is 45.2. The van der Waals surface area contributed by atoms with Crippen molar-refractivity contribution in [3.8, 4) is 62.6 Å². The molecule has 12 heteroatoms. The molecule has 0 aliphatic rings. The lowest BCUT2D eigenvalue weighted by Gasteiger charge is -2.27. The number of para-hydroxylation sites is 6. The summed E-state index contributed by atoms with van der Waals surface area (Å²) >= 11 is 11.1. The van der Waals surface area contributed by atoms with Gasteiger partial charge in [0.05, 0.1) is 0 Å². The predicted octanol–water partition coefficient (Wildman–Crippen LogP) is 34.7. The number of benzene rings is 13. The number of anilines is 18. The van der Waals surface area contributed by atoms with Crippen LogP contribution in [0.2, 0.25) is 0 Å². The fourth-order valence-electron chi connectivity index (χ4n) is 16.2. The molecular formula is C108H84N6S6. The zero-order chi connectivity index (χ0) is 81.2. The molecule has 0 saturated heterocycles. The third kappa shape index (κ3) is 15.6. The lowest BCUT2D eigenvalue weighted by molar-refractivity contribution is 1.30. The van der Waals surface area contributed by atoms with E-state index in [4.69, 9.17) is 0 Å². The maximum absolute atomic E-state index is 2.45. The van der Waals surface area contributed by atoms with Crippen molar-refractivity contribution in [3.63, 3.8) is 0 Å². The molecule has 0 spiro atoms. The third-order valence-corrected chi connectivity index (χ3v) is 28.0.